The number of hydrogen-bond acceptors (Lipinski definition) is 4. The van der Waals surface area contributed by atoms with Gasteiger partial charge in [-0.2, -0.15) is 5.10 Å². The van der Waals surface area contributed by atoms with E-state index >= 15 is 0 Å². The molecule has 0 saturated heterocycles. The van der Waals surface area contributed by atoms with Gasteiger partial charge in [0.15, 0.2) is 0 Å². The normalized spacial score (nSPS) is 16.1. The van der Waals surface area contributed by atoms with Crippen molar-refractivity contribution in [2.45, 2.75) is 58.1 Å². The Bertz CT molecular complexity index is 715. The molecule has 0 aliphatic heterocycles. The minimum absolute atomic E-state index is 0.183. The molecule has 1 heterocycles. The first-order valence-corrected chi connectivity index (χ1v) is 9.72. The maximum atomic E-state index is 11.1. The largest absolute Gasteiger partial charge is 0.491 e. The highest BCUT2D eigenvalue weighted by atomic mass is 16.5. The van der Waals surface area contributed by atoms with Crippen LogP contribution in [0, 0.1) is 0 Å². The first kappa shape index (κ1) is 18.6. The second-order valence-electron chi connectivity index (χ2n) is 7.11. The first-order valence-electron chi connectivity index (χ1n) is 9.72. The van der Waals surface area contributed by atoms with Gasteiger partial charge >= 0.3 is 0 Å². The van der Waals surface area contributed by atoms with E-state index in [1.54, 1.807) is 6.07 Å². The highest BCUT2D eigenvalue weighted by molar-refractivity contribution is 5.59. The SMILES string of the molecule is CCN(CCC(C)Oc1ccc(-c2ccc(=O)[nH]n2)cc1)C1CCCC1. The average Bonchev–Trinajstić information content (AvgIpc) is 3.18. The Hall–Kier alpha value is -2.14. The summed E-state index contributed by atoms with van der Waals surface area (Å²) in [5, 5.41) is 6.51. The van der Waals surface area contributed by atoms with Crippen LogP contribution in [0.2, 0.25) is 0 Å². The highest BCUT2D eigenvalue weighted by Crippen LogP contribution is 2.24. The van der Waals surface area contributed by atoms with Crippen LogP contribution in [0.5, 0.6) is 5.75 Å². The van der Waals surface area contributed by atoms with Crippen molar-refractivity contribution in [1.29, 1.82) is 0 Å². The summed E-state index contributed by atoms with van der Waals surface area (Å²) in [5.41, 5.74) is 1.51. The summed E-state index contributed by atoms with van der Waals surface area (Å²) in [6.45, 7) is 6.62. The van der Waals surface area contributed by atoms with Crippen LogP contribution in [0.25, 0.3) is 11.3 Å². The minimum atomic E-state index is -0.193. The Morgan fingerprint density at radius 1 is 1.19 bits per heavy atom. The summed E-state index contributed by atoms with van der Waals surface area (Å²) in [7, 11) is 0. The molecule has 0 amide bonds. The molecule has 5 heteroatoms. The molecule has 0 radical (unpaired) electrons. The molecule has 5 nitrogen and oxygen atoms in total. The Balaban J connectivity index is 1.51. The van der Waals surface area contributed by atoms with Crippen LogP contribution >= 0.6 is 0 Å². The second kappa shape index (κ2) is 8.99. The lowest BCUT2D eigenvalue weighted by atomic mass is 10.1. The molecule has 0 spiro atoms. The standard InChI is InChI=1S/C21H29N3O2/c1-3-24(18-6-4-5-7-18)15-14-16(2)26-19-10-8-17(9-11-19)20-12-13-21(25)23-22-20/h8-13,16,18H,3-7,14-15H2,1-2H3,(H,23,25). The van der Waals surface area contributed by atoms with Gasteiger partial charge in [-0.05, 0) is 63.1 Å². The van der Waals surface area contributed by atoms with E-state index in [1.165, 1.54) is 31.7 Å². The molecule has 2 aromatic rings. The van der Waals surface area contributed by atoms with Crippen molar-refractivity contribution in [2.75, 3.05) is 13.1 Å². The lowest BCUT2D eigenvalue weighted by molar-refractivity contribution is 0.153. The molecular weight excluding hydrogens is 326 g/mol. The molecule has 3 rings (SSSR count). The maximum Gasteiger partial charge on any atom is 0.264 e. The van der Waals surface area contributed by atoms with E-state index in [9.17, 15) is 4.79 Å². The van der Waals surface area contributed by atoms with Crippen LogP contribution < -0.4 is 10.3 Å². The fourth-order valence-electron chi connectivity index (χ4n) is 3.72. The molecular formula is C21H29N3O2. The van der Waals surface area contributed by atoms with Gasteiger partial charge in [-0.25, -0.2) is 5.10 Å². The Morgan fingerprint density at radius 3 is 2.54 bits per heavy atom. The van der Waals surface area contributed by atoms with Crippen LogP contribution in [0.4, 0.5) is 0 Å². The van der Waals surface area contributed by atoms with Crippen molar-refractivity contribution in [3.63, 3.8) is 0 Å². The Kier molecular flexibility index (Phi) is 6.45. The van der Waals surface area contributed by atoms with Crippen molar-refractivity contribution in [3.8, 4) is 17.0 Å². The maximum absolute atomic E-state index is 11.1. The zero-order valence-corrected chi connectivity index (χ0v) is 15.8. The fraction of sp³-hybridized carbons (Fsp3) is 0.524. The van der Waals surface area contributed by atoms with E-state index in [4.69, 9.17) is 4.74 Å². The van der Waals surface area contributed by atoms with E-state index in [0.717, 1.165) is 42.6 Å². The summed E-state index contributed by atoms with van der Waals surface area (Å²) < 4.78 is 6.08. The molecule has 1 aromatic carbocycles. The number of nitrogens with zero attached hydrogens (tertiary/aromatic N) is 2. The van der Waals surface area contributed by atoms with Gasteiger partial charge in [-0.15, -0.1) is 0 Å². The van der Waals surface area contributed by atoms with E-state index in [2.05, 4.69) is 28.9 Å². The summed E-state index contributed by atoms with van der Waals surface area (Å²) in [6.07, 6.45) is 6.68. The van der Waals surface area contributed by atoms with Gasteiger partial charge in [0.05, 0.1) is 11.8 Å². The summed E-state index contributed by atoms with van der Waals surface area (Å²) in [5.74, 6) is 0.870. The van der Waals surface area contributed by atoms with Crippen LogP contribution in [0.15, 0.2) is 41.2 Å². The fourth-order valence-corrected chi connectivity index (χ4v) is 3.72. The molecule has 1 saturated carbocycles. The molecule has 140 valence electrons. The topological polar surface area (TPSA) is 58.2 Å². The molecule has 1 aromatic heterocycles. The minimum Gasteiger partial charge on any atom is -0.491 e. The number of rotatable bonds is 8. The predicted molar refractivity (Wildman–Crippen MR) is 105 cm³/mol. The molecule has 1 N–H and O–H groups in total. The van der Waals surface area contributed by atoms with Gasteiger partial charge in [0, 0.05) is 24.2 Å². The molecule has 0 bridgehead atoms. The van der Waals surface area contributed by atoms with Gasteiger partial charge in [0.2, 0.25) is 0 Å². The van der Waals surface area contributed by atoms with Gasteiger partial charge in [-0.1, -0.05) is 19.8 Å². The summed E-state index contributed by atoms with van der Waals surface area (Å²) in [4.78, 5) is 13.7. The molecule has 1 aliphatic carbocycles. The predicted octanol–water partition coefficient (Wildman–Crippen LogP) is 3.86. The van der Waals surface area contributed by atoms with Crippen LogP contribution in [0.1, 0.15) is 46.0 Å². The molecule has 1 aliphatic rings. The Labute approximate surface area is 155 Å². The zero-order chi connectivity index (χ0) is 18.4. The number of H-pyrrole nitrogens is 1. The Morgan fingerprint density at radius 2 is 1.92 bits per heavy atom. The number of ether oxygens (including phenoxy) is 1. The quantitative estimate of drug-likeness (QED) is 0.781. The zero-order valence-electron chi connectivity index (χ0n) is 15.8. The van der Waals surface area contributed by atoms with E-state index in [0.29, 0.717) is 0 Å². The van der Waals surface area contributed by atoms with Crippen LogP contribution in [-0.4, -0.2) is 40.3 Å². The van der Waals surface area contributed by atoms with Crippen LogP contribution in [0.3, 0.4) is 0 Å². The van der Waals surface area contributed by atoms with Gasteiger partial charge in [0.1, 0.15) is 5.75 Å². The number of hydrogen-bond donors (Lipinski definition) is 1. The number of aromatic amines is 1. The molecule has 1 unspecified atom stereocenters. The average molecular weight is 355 g/mol. The second-order valence-corrected chi connectivity index (χ2v) is 7.11. The number of nitrogens with one attached hydrogen (secondary N) is 1. The monoisotopic (exact) mass is 355 g/mol. The molecule has 26 heavy (non-hydrogen) atoms. The smallest absolute Gasteiger partial charge is 0.264 e. The highest BCUT2D eigenvalue weighted by Gasteiger charge is 2.21. The molecule has 1 fully saturated rings. The van der Waals surface area contributed by atoms with Gasteiger partial charge in [-0.3, -0.25) is 4.79 Å². The lowest BCUT2D eigenvalue weighted by Crippen LogP contribution is -2.35. The third kappa shape index (κ3) is 4.94. The van der Waals surface area contributed by atoms with Crippen molar-refractivity contribution in [1.82, 2.24) is 15.1 Å². The van der Waals surface area contributed by atoms with E-state index in [-0.39, 0.29) is 11.7 Å². The first-order chi connectivity index (χ1) is 12.7. The van der Waals surface area contributed by atoms with Gasteiger partial charge in [0.25, 0.3) is 5.56 Å². The molecule has 1 atom stereocenters. The van der Waals surface area contributed by atoms with Crippen molar-refractivity contribution in [2.24, 2.45) is 0 Å². The van der Waals surface area contributed by atoms with Crippen molar-refractivity contribution >= 4 is 0 Å². The van der Waals surface area contributed by atoms with Crippen molar-refractivity contribution in [3.05, 3.63) is 46.8 Å². The number of aromatic nitrogens is 2. The van der Waals surface area contributed by atoms with Crippen molar-refractivity contribution < 1.29 is 4.74 Å². The van der Waals surface area contributed by atoms with Crippen LogP contribution in [-0.2, 0) is 0 Å². The van der Waals surface area contributed by atoms with E-state index < -0.39 is 0 Å². The van der Waals surface area contributed by atoms with E-state index in [1.807, 2.05) is 24.3 Å². The summed E-state index contributed by atoms with van der Waals surface area (Å²) in [6, 6.07) is 11.9. The third-order valence-corrected chi connectivity index (χ3v) is 5.24. The third-order valence-electron chi connectivity index (χ3n) is 5.24. The number of benzene rings is 1. The lowest BCUT2D eigenvalue weighted by Gasteiger charge is -2.28. The summed E-state index contributed by atoms with van der Waals surface area (Å²) >= 11 is 0. The van der Waals surface area contributed by atoms with Gasteiger partial charge < -0.3 is 9.64 Å².